The molecule has 0 saturated carbocycles. The van der Waals surface area contributed by atoms with E-state index in [0.717, 1.165) is 12.8 Å². The zero-order chi connectivity index (χ0) is 22.4. The largest absolute Gasteiger partial charge is 0.496 e. The van der Waals surface area contributed by atoms with Crippen LogP contribution in [0.4, 0.5) is 5.69 Å². The molecule has 0 aliphatic carbocycles. The van der Waals surface area contributed by atoms with Crippen molar-refractivity contribution >= 4 is 23.6 Å². The molecule has 0 bridgehead atoms. The van der Waals surface area contributed by atoms with Gasteiger partial charge in [0, 0.05) is 36.3 Å². The van der Waals surface area contributed by atoms with Gasteiger partial charge in [0.1, 0.15) is 11.4 Å². The SMILES string of the molecule is COc1ccccc1C=C(NC(=O)c1ccc([N+](=O)[O-])cc1)C(=O)N1CCCC(C)C1. The third-order valence-electron chi connectivity index (χ3n) is 5.20. The maximum absolute atomic E-state index is 13.3. The normalized spacial score (nSPS) is 16.5. The topological polar surface area (TPSA) is 102 Å². The molecule has 1 aliphatic heterocycles. The van der Waals surface area contributed by atoms with Crippen molar-refractivity contribution in [1.29, 1.82) is 0 Å². The molecule has 2 aromatic rings. The number of hydrogen-bond acceptors (Lipinski definition) is 5. The fourth-order valence-corrected chi connectivity index (χ4v) is 3.57. The van der Waals surface area contributed by atoms with Gasteiger partial charge in [-0.15, -0.1) is 0 Å². The molecule has 1 fully saturated rings. The lowest BCUT2D eigenvalue weighted by molar-refractivity contribution is -0.384. The van der Waals surface area contributed by atoms with Crippen LogP contribution in [0.5, 0.6) is 5.75 Å². The first-order valence-electron chi connectivity index (χ1n) is 10.1. The summed E-state index contributed by atoms with van der Waals surface area (Å²) in [7, 11) is 1.54. The third-order valence-corrected chi connectivity index (χ3v) is 5.20. The van der Waals surface area contributed by atoms with Crippen molar-refractivity contribution in [3.63, 3.8) is 0 Å². The molecule has 1 saturated heterocycles. The van der Waals surface area contributed by atoms with E-state index in [1.807, 2.05) is 12.1 Å². The number of carbonyl (C=O) groups excluding carboxylic acids is 2. The lowest BCUT2D eigenvalue weighted by Crippen LogP contribution is -2.43. The van der Waals surface area contributed by atoms with Crippen molar-refractivity contribution in [2.75, 3.05) is 20.2 Å². The maximum Gasteiger partial charge on any atom is 0.270 e. The van der Waals surface area contributed by atoms with Crippen LogP contribution in [0.3, 0.4) is 0 Å². The van der Waals surface area contributed by atoms with Gasteiger partial charge in [-0.2, -0.15) is 0 Å². The van der Waals surface area contributed by atoms with Gasteiger partial charge in [0.25, 0.3) is 17.5 Å². The molecular weight excluding hydrogens is 398 g/mol. The zero-order valence-electron chi connectivity index (χ0n) is 17.5. The smallest absolute Gasteiger partial charge is 0.270 e. The van der Waals surface area contributed by atoms with Crippen molar-refractivity contribution in [2.24, 2.45) is 5.92 Å². The van der Waals surface area contributed by atoms with E-state index in [1.165, 1.54) is 31.4 Å². The lowest BCUT2D eigenvalue weighted by Gasteiger charge is -2.31. The van der Waals surface area contributed by atoms with E-state index in [4.69, 9.17) is 4.74 Å². The van der Waals surface area contributed by atoms with Crippen LogP contribution in [-0.2, 0) is 4.79 Å². The van der Waals surface area contributed by atoms with Crippen LogP contribution in [0.15, 0.2) is 54.2 Å². The molecule has 2 aromatic carbocycles. The molecule has 8 heteroatoms. The fourth-order valence-electron chi connectivity index (χ4n) is 3.57. The number of carbonyl (C=O) groups is 2. The van der Waals surface area contributed by atoms with Crippen molar-refractivity contribution in [3.05, 3.63) is 75.5 Å². The number of piperidine rings is 1. The molecule has 1 unspecified atom stereocenters. The Bertz CT molecular complexity index is 1000. The quantitative estimate of drug-likeness (QED) is 0.434. The molecule has 3 rings (SSSR count). The van der Waals surface area contributed by atoms with E-state index in [-0.39, 0.29) is 22.9 Å². The molecule has 1 atom stereocenters. The summed E-state index contributed by atoms with van der Waals surface area (Å²) < 4.78 is 5.37. The van der Waals surface area contributed by atoms with E-state index in [2.05, 4.69) is 12.2 Å². The predicted octanol–water partition coefficient (Wildman–Crippen LogP) is 3.63. The lowest BCUT2D eigenvalue weighted by atomic mass is 10.00. The summed E-state index contributed by atoms with van der Waals surface area (Å²) in [5, 5.41) is 13.5. The molecule has 8 nitrogen and oxygen atoms in total. The number of rotatable bonds is 6. The Morgan fingerprint density at radius 2 is 1.90 bits per heavy atom. The summed E-state index contributed by atoms with van der Waals surface area (Å²) in [5.41, 5.74) is 0.889. The first kappa shape index (κ1) is 22.0. The molecule has 0 radical (unpaired) electrons. The Labute approximate surface area is 180 Å². The monoisotopic (exact) mass is 423 g/mol. The van der Waals surface area contributed by atoms with Gasteiger partial charge in [-0.05, 0) is 43.0 Å². The molecule has 162 valence electrons. The number of para-hydroxylation sites is 1. The summed E-state index contributed by atoms with van der Waals surface area (Å²) in [5.74, 6) is 0.169. The van der Waals surface area contributed by atoms with Gasteiger partial charge in [0.05, 0.1) is 12.0 Å². The highest BCUT2D eigenvalue weighted by Crippen LogP contribution is 2.23. The standard InChI is InChI=1S/C23H25N3O5/c1-16-6-5-13-25(15-16)23(28)20(14-18-7-3-4-8-21(18)31-2)24-22(27)17-9-11-19(12-10-17)26(29)30/h3-4,7-12,14,16H,5-6,13,15H2,1-2H3,(H,24,27). The minimum Gasteiger partial charge on any atom is -0.496 e. The number of nitro benzene ring substituents is 1. The van der Waals surface area contributed by atoms with Crippen LogP contribution in [0.1, 0.15) is 35.7 Å². The summed E-state index contributed by atoms with van der Waals surface area (Å²) >= 11 is 0. The Kier molecular flexibility index (Phi) is 7.02. The maximum atomic E-state index is 13.3. The van der Waals surface area contributed by atoms with E-state index in [0.29, 0.717) is 30.3 Å². The molecule has 2 amide bonds. The van der Waals surface area contributed by atoms with Crippen molar-refractivity contribution in [2.45, 2.75) is 19.8 Å². The minimum atomic E-state index is -0.532. The average molecular weight is 423 g/mol. The second-order valence-corrected chi connectivity index (χ2v) is 7.56. The van der Waals surface area contributed by atoms with Crippen molar-refractivity contribution in [3.8, 4) is 5.75 Å². The number of nitrogens with one attached hydrogen (secondary N) is 1. The minimum absolute atomic E-state index is 0.111. The van der Waals surface area contributed by atoms with Crippen LogP contribution in [0.2, 0.25) is 0 Å². The summed E-state index contributed by atoms with van der Waals surface area (Å²) in [4.78, 5) is 38.1. The Morgan fingerprint density at radius 1 is 1.19 bits per heavy atom. The summed E-state index contributed by atoms with van der Waals surface area (Å²) in [6, 6.07) is 12.4. The molecule has 1 heterocycles. The van der Waals surface area contributed by atoms with Crippen LogP contribution < -0.4 is 10.1 Å². The van der Waals surface area contributed by atoms with Gasteiger partial charge < -0.3 is 15.0 Å². The average Bonchev–Trinajstić information content (AvgIpc) is 2.78. The Morgan fingerprint density at radius 3 is 2.55 bits per heavy atom. The molecule has 1 N–H and O–H groups in total. The van der Waals surface area contributed by atoms with E-state index < -0.39 is 10.8 Å². The highest BCUT2D eigenvalue weighted by Gasteiger charge is 2.25. The van der Waals surface area contributed by atoms with Gasteiger partial charge >= 0.3 is 0 Å². The first-order chi connectivity index (χ1) is 14.9. The predicted molar refractivity (Wildman–Crippen MR) is 117 cm³/mol. The highest BCUT2D eigenvalue weighted by molar-refractivity contribution is 6.05. The first-order valence-corrected chi connectivity index (χ1v) is 10.1. The van der Waals surface area contributed by atoms with Crippen molar-refractivity contribution < 1.29 is 19.2 Å². The van der Waals surface area contributed by atoms with Gasteiger partial charge in [0.2, 0.25) is 0 Å². The number of methoxy groups -OCH3 is 1. The van der Waals surface area contributed by atoms with Gasteiger partial charge in [0.15, 0.2) is 0 Å². The van der Waals surface area contributed by atoms with Crippen molar-refractivity contribution in [1.82, 2.24) is 10.2 Å². The number of amides is 2. The Balaban J connectivity index is 1.91. The number of nitro groups is 1. The number of nitrogens with zero attached hydrogens (tertiary/aromatic N) is 2. The molecular formula is C23H25N3O5. The van der Waals surface area contributed by atoms with E-state index in [9.17, 15) is 19.7 Å². The molecule has 0 aromatic heterocycles. The number of benzene rings is 2. The van der Waals surface area contributed by atoms with E-state index >= 15 is 0 Å². The van der Waals surface area contributed by atoms with Gasteiger partial charge in [-0.1, -0.05) is 25.1 Å². The zero-order valence-corrected chi connectivity index (χ0v) is 17.5. The molecule has 0 spiro atoms. The van der Waals surface area contributed by atoms with E-state index in [1.54, 1.807) is 23.1 Å². The second-order valence-electron chi connectivity index (χ2n) is 7.56. The summed E-state index contributed by atoms with van der Waals surface area (Å²) in [6.07, 6.45) is 3.57. The van der Waals surface area contributed by atoms with Crippen LogP contribution in [0, 0.1) is 16.0 Å². The molecule has 1 aliphatic rings. The van der Waals surface area contributed by atoms with Crippen LogP contribution >= 0.6 is 0 Å². The number of likely N-dealkylation sites (tertiary alicyclic amines) is 1. The second kappa shape index (κ2) is 9.88. The number of ether oxygens (including phenoxy) is 1. The third kappa shape index (κ3) is 5.48. The summed E-state index contributed by atoms with van der Waals surface area (Å²) in [6.45, 7) is 3.34. The van der Waals surface area contributed by atoms with Crippen LogP contribution in [0.25, 0.3) is 6.08 Å². The fraction of sp³-hybridized carbons (Fsp3) is 0.304. The molecule has 31 heavy (non-hydrogen) atoms. The number of non-ortho nitro benzene ring substituents is 1. The van der Waals surface area contributed by atoms with Gasteiger partial charge in [-0.3, -0.25) is 19.7 Å². The van der Waals surface area contributed by atoms with Crippen LogP contribution in [-0.4, -0.2) is 41.8 Å². The Hall–Kier alpha value is -3.68. The number of hydrogen-bond donors (Lipinski definition) is 1. The van der Waals surface area contributed by atoms with Gasteiger partial charge in [-0.25, -0.2) is 0 Å². The highest BCUT2D eigenvalue weighted by atomic mass is 16.6.